The van der Waals surface area contributed by atoms with Gasteiger partial charge in [-0.05, 0) is 36.4 Å². The van der Waals surface area contributed by atoms with Crippen LogP contribution in [-0.2, 0) is 0 Å². The summed E-state index contributed by atoms with van der Waals surface area (Å²) in [6, 6.07) is 10.7. The first kappa shape index (κ1) is 12.4. The van der Waals surface area contributed by atoms with E-state index < -0.39 is 0 Å². The molecule has 0 saturated carbocycles. The number of rotatable bonds is 2. The van der Waals surface area contributed by atoms with Gasteiger partial charge in [-0.15, -0.1) is 0 Å². The van der Waals surface area contributed by atoms with Gasteiger partial charge >= 0.3 is 6.03 Å². The lowest BCUT2D eigenvalue weighted by atomic mass is 10.2. The molecule has 22 heavy (non-hydrogen) atoms. The van der Waals surface area contributed by atoms with E-state index in [-0.39, 0.29) is 6.03 Å². The number of nitrogens with zero attached hydrogens (tertiary/aromatic N) is 2. The van der Waals surface area contributed by atoms with Crippen molar-refractivity contribution in [1.29, 1.82) is 0 Å². The van der Waals surface area contributed by atoms with Crippen LogP contribution in [0.3, 0.4) is 0 Å². The Morgan fingerprint density at radius 3 is 1.82 bits per heavy atom. The Bertz CT molecular complexity index is 892. The molecule has 0 radical (unpaired) electrons. The first-order valence-electron chi connectivity index (χ1n) is 6.72. The SMILES string of the molecule is O=C(Nc1ccc2nc[nH]c2c1)Nc1ccc2nc[nH]c2c1. The molecule has 2 aromatic heterocycles. The number of benzene rings is 2. The highest BCUT2D eigenvalue weighted by molar-refractivity contribution is 6.01. The average Bonchev–Trinajstić information content (AvgIpc) is 3.14. The number of fused-ring (bicyclic) bond motifs is 2. The molecule has 0 atom stereocenters. The molecule has 0 fully saturated rings. The second kappa shape index (κ2) is 4.88. The number of urea groups is 1. The molecule has 4 aromatic rings. The number of aromatic amines is 2. The third kappa shape index (κ3) is 2.24. The van der Waals surface area contributed by atoms with E-state index in [1.165, 1.54) is 0 Å². The second-order valence-corrected chi connectivity index (χ2v) is 4.85. The van der Waals surface area contributed by atoms with E-state index in [1.54, 1.807) is 24.8 Å². The molecule has 2 heterocycles. The van der Waals surface area contributed by atoms with Crippen LogP contribution in [0.25, 0.3) is 22.1 Å². The van der Waals surface area contributed by atoms with Crippen LogP contribution in [0.4, 0.5) is 16.2 Å². The summed E-state index contributed by atoms with van der Waals surface area (Å²) >= 11 is 0. The molecule has 0 aliphatic carbocycles. The Morgan fingerprint density at radius 1 is 0.818 bits per heavy atom. The Morgan fingerprint density at radius 2 is 1.32 bits per heavy atom. The lowest BCUT2D eigenvalue weighted by Crippen LogP contribution is -2.19. The maximum absolute atomic E-state index is 12.1. The number of anilines is 2. The molecule has 7 nitrogen and oxygen atoms in total. The van der Waals surface area contributed by atoms with Crippen LogP contribution in [0.1, 0.15) is 0 Å². The summed E-state index contributed by atoms with van der Waals surface area (Å²) in [5.41, 5.74) is 4.84. The van der Waals surface area contributed by atoms with Crippen molar-refractivity contribution >= 4 is 39.5 Å². The van der Waals surface area contributed by atoms with Crippen molar-refractivity contribution < 1.29 is 4.79 Å². The molecular weight excluding hydrogens is 280 g/mol. The minimum Gasteiger partial charge on any atom is -0.345 e. The van der Waals surface area contributed by atoms with Gasteiger partial charge in [-0.25, -0.2) is 14.8 Å². The third-order valence-electron chi connectivity index (χ3n) is 3.36. The summed E-state index contributed by atoms with van der Waals surface area (Å²) in [6.07, 6.45) is 3.24. The summed E-state index contributed by atoms with van der Waals surface area (Å²) in [5, 5.41) is 5.58. The van der Waals surface area contributed by atoms with Gasteiger partial charge in [-0.1, -0.05) is 0 Å². The van der Waals surface area contributed by atoms with Crippen molar-refractivity contribution in [3.63, 3.8) is 0 Å². The zero-order valence-corrected chi connectivity index (χ0v) is 11.4. The molecule has 7 heteroatoms. The Kier molecular flexibility index (Phi) is 2.75. The second-order valence-electron chi connectivity index (χ2n) is 4.85. The van der Waals surface area contributed by atoms with E-state index in [4.69, 9.17) is 0 Å². The fourth-order valence-electron chi connectivity index (χ4n) is 2.32. The Balaban J connectivity index is 1.51. The van der Waals surface area contributed by atoms with Gasteiger partial charge in [0.05, 0.1) is 34.7 Å². The van der Waals surface area contributed by atoms with E-state index >= 15 is 0 Å². The molecule has 2 aromatic carbocycles. The van der Waals surface area contributed by atoms with Gasteiger partial charge in [0, 0.05) is 11.4 Å². The lowest BCUT2D eigenvalue weighted by molar-refractivity contribution is 0.262. The maximum atomic E-state index is 12.1. The Hall–Kier alpha value is -3.35. The number of hydrogen-bond acceptors (Lipinski definition) is 3. The minimum atomic E-state index is -0.308. The van der Waals surface area contributed by atoms with Crippen molar-refractivity contribution in [2.45, 2.75) is 0 Å². The van der Waals surface area contributed by atoms with Crippen LogP contribution in [0, 0.1) is 0 Å². The van der Waals surface area contributed by atoms with Crippen LogP contribution in [0.15, 0.2) is 49.1 Å². The smallest absolute Gasteiger partial charge is 0.323 e. The molecule has 2 amide bonds. The number of nitrogens with one attached hydrogen (secondary N) is 4. The Labute approximate surface area is 124 Å². The molecule has 108 valence electrons. The van der Waals surface area contributed by atoms with Gasteiger partial charge in [0.1, 0.15) is 0 Å². The van der Waals surface area contributed by atoms with Gasteiger partial charge in [-0.3, -0.25) is 0 Å². The predicted molar refractivity (Wildman–Crippen MR) is 84.8 cm³/mol. The summed E-state index contributed by atoms with van der Waals surface area (Å²) in [4.78, 5) is 26.3. The molecule has 0 aliphatic rings. The van der Waals surface area contributed by atoms with Gasteiger partial charge in [0.2, 0.25) is 0 Å². The molecule has 0 aliphatic heterocycles. The molecule has 0 bridgehead atoms. The first-order chi connectivity index (χ1) is 10.8. The third-order valence-corrected chi connectivity index (χ3v) is 3.36. The van der Waals surface area contributed by atoms with Gasteiger partial charge < -0.3 is 20.6 Å². The zero-order chi connectivity index (χ0) is 14.9. The van der Waals surface area contributed by atoms with Crippen LogP contribution in [0.5, 0.6) is 0 Å². The topological polar surface area (TPSA) is 98.5 Å². The van der Waals surface area contributed by atoms with E-state index in [0.29, 0.717) is 11.4 Å². The highest BCUT2D eigenvalue weighted by Gasteiger charge is 2.05. The number of imidazole rings is 2. The van der Waals surface area contributed by atoms with Crippen molar-refractivity contribution in [2.75, 3.05) is 10.6 Å². The monoisotopic (exact) mass is 292 g/mol. The summed E-state index contributed by atoms with van der Waals surface area (Å²) in [5.74, 6) is 0. The highest BCUT2D eigenvalue weighted by atomic mass is 16.2. The summed E-state index contributed by atoms with van der Waals surface area (Å²) in [7, 11) is 0. The zero-order valence-electron chi connectivity index (χ0n) is 11.4. The number of carbonyl (C=O) groups is 1. The molecule has 0 saturated heterocycles. The normalized spacial score (nSPS) is 10.9. The maximum Gasteiger partial charge on any atom is 0.323 e. The standard InChI is InChI=1S/C15H12N6O/c22-15(20-9-1-3-11-13(5-9)18-7-16-11)21-10-2-4-12-14(6-10)19-8-17-12/h1-8H,(H,16,18)(H,17,19)(H2,20,21,22). The van der Waals surface area contributed by atoms with Crippen LogP contribution in [-0.4, -0.2) is 26.0 Å². The van der Waals surface area contributed by atoms with E-state index in [2.05, 4.69) is 30.6 Å². The molecule has 4 rings (SSSR count). The fraction of sp³-hybridized carbons (Fsp3) is 0. The fourth-order valence-corrected chi connectivity index (χ4v) is 2.32. The van der Waals surface area contributed by atoms with Crippen molar-refractivity contribution in [1.82, 2.24) is 19.9 Å². The number of carbonyl (C=O) groups excluding carboxylic acids is 1. The summed E-state index contributed by atoms with van der Waals surface area (Å²) in [6.45, 7) is 0. The highest BCUT2D eigenvalue weighted by Crippen LogP contribution is 2.18. The predicted octanol–water partition coefficient (Wildman–Crippen LogP) is 3.08. The first-order valence-corrected chi connectivity index (χ1v) is 6.72. The molecule has 0 unspecified atom stereocenters. The number of H-pyrrole nitrogens is 2. The van der Waals surface area contributed by atoms with E-state index in [1.807, 2.05) is 24.3 Å². The van der Waals surface area contributed by atoms with Gasteiger partial charge in [0.25, 0.3) is 0 Å². The number of hydrogen-bond donors (Lipinski definition) is 4. The average molecular weight is 292 g/mol. The number of aromatic nitrogens is 4. The van der Waals surface area contributed by atoms with Crippen LogP contribution < -0.4 is 10.6 Å². The molecular formula is C15H12N6O. The van der Waals surface area contributed by atoms with E-state index in [0.717, 1.165) is 22.1 Å². The summed E-state index contributed by atoms with van der Waals surface area (Å²) < 4.78 is 0. The molecule has 4 N–H and O–H groups in total. The lowest BCUT2D eigenvalue weighted by Gasteiger charge is -2.07. The quantitative estimate of drug-likeness (QED) is 0.457. The van der Waals surface area contributed by atoms with Crippen molar-refractivity contribution in [3.05, 3.63) is 49.1 Å². The van der Waals surface area contributed by atoms with Gasteiger partial charge in [0.15, 0.2) is 0 Å². The van der Waals surface area contributed by atoms with Crippen molar-refractivity contribution in [2.24, 2.45) is 0 Å². The van der Waals surface area contributed by atoms with Crippen LogP contribution in [0.2, 0.25) is 0 Å². The van der Waals surface area contributed by atoms with Crippen molar-refractivity contribution in [3.8, 4) is 0 Å². The molecule has 0 spiro atoms. The van der Waals surface area contributed by atoms with Gasteiger partial charge in [-0.2, -0.15) is 0 Å². The minimum absolute atomic E-state index is 0.308. The largest absolute Gasteiger partial charge is 0.345 e. The number of amides is 2. The van der Waals surface area contributed by atoms with E-state index in [9.17, 15) is 4.79 Å². The van der Waals surface area contributed by atoms with Crippen LogP contribution >= 0.6 is 0 Å².